The summed E-state index contributed by atoms with van der Waals surface area (Å²) in [7, 11) is 0. The van der Waals surface area contributed by atoms with E-state index in [1.165, 1.54) is 23.4 Å². The van der Waals surface area contributed by atoms with E-state index in [0.29, 0.717) is 12.0 Å². The molecule has 0 aromatic carbocycles. The monoisotopic (exact) mass is 263 g/mol. The van der Waals surface area contributed by atoms with Crippen LogP contribution in [0.2, 0.25) is 0 Å². The second kappa shape index (κ2) is 5.29. The van der Waals surface area contributed by atoms with Crippen LogP contribution in [0.5, 0.6) is 0 Å². The van der Waals surface area contributed by atoms with Crippen LogP contribution in [0, 0.1) is 12.8 Å². The highest BCUT2D eigenvalue weighted by molar-refractivity contribution is 5.31. The first-order valence-electron chi connectivity index (χ1n) is 7.69. The largest absolute Gasteiger partial charge is 0.388 e. The van der Waals surface area contributed by atoms with Crippen molar-refractivity contribution in [1.29, 1.82) is 0 Å². The number of hydrogen-bond acceptors (Lipinski definition) is 2. The molecule has 1 N–H and O–H groups in total. The van der Waals surface area contributed by atoms with E-state index in [2.05, 4.69) is 24.5 Å². The first-order valence-corrected chi connectivity index (χ1v) is 7.69. The van der Waals surface area contributed by atoms with E-state index in [-0.39, 0.29) is 6.10 Å². The minimum Gasteiger partial charge on any atom is -0.388 e. The number of rotatable bonds is 3. The molecule has 0 saturated carbocycles. The van der Waals surface area contributed by atoms with Crippen molar-refractivity contribution in [3.05, 3.63) is 23.0 Å². The van der Waals surface area contributed by atoms with Gasteiger partial charge in [0.15, 0.2) is 0 Å². The van der Waals surface area contributed by atoms with Gasteiger partial charge >= 0.3 is 0 Å². The third-order valence-corrected chi connectivity index (χ3v) is 4.87. The molecule has 1 aromatic rings. The van der Waals surface area contributed by atoms with E-state index >= 15 is 0 Å². The number of nitrogens with zero attached hydrogens (tertiary/aromatic N) is 1. The first kappa shape index (κ1) is 13.2. The lowest BCUT2D eigenvalue weighted by Gasteiger charge is -2.24. The van der Waals surface area contributed by atoms with Gasteiger partial charge in [-0.1, -0.05) is 6.92 Å². The van der Waals surface area contributed by atoms with E-state index in [1.54, 1.807) is 0 Å². The summed E-state index contributed by atoms with van der Waals surface area (Å²) in [6.45, 7) is 6.35. The van der Waals surface area contributed by atoms with Gasteiger partial charge < -0.3 is 14.4 Å². The van der Waals surface area contributed by atoms with Crippen molar-refractivity contribution in [1.82, 2.24) is 4.57 Å². The minimum absolute atomic E-state index is 0.245. The van der Waals surface area contributed by atoms with Crippen LogP contribution in [0.4, 0.5) is 0 Å². The zero-order valence-corrected chi connectivity index (χ0v) is 12.1. The van der Waals surface area contributed by atoms with Gasteiger partial charge in [0.25, 0.3) is 0 Å². The Bertz CT molecular complexity index is 452. The van der Waals surface area contributed by atoms with Crippen LogP contribution >= 0.6 is 0 Å². The van der Waals surface area contributed by atoms with Crippen molar-refractivity contribution in [3.63, 3.8) is 0 Å². The van der Waals surface area contributed by atoms with E-state index < -0.39 is 0 Å². The van der Waals surface area contributed by atoms with Gasteiger partial charge in [0.2, 0.25) is 0 Å². The van der Waals surface area contributed by atoms with Crippen LogP contribution in [0.15, 0.2) is 6.07 Å². The molecular weight excluding hydrogens is 238 g/mol. The molecule has 1 fully saturated rings. The molecule has 2 heterocycles. The molecular formula is C16H25NO2. The first-order chi connectivity index (χ1) is 9.20. The predicted molar refractivity (Wildman–Crippen MR) is 75.2 cm³/mol. The summed E-state index contributed by atoms with van der Waals surface area (Å²) in [5.41, 5.74) is 3.85. The third-order valence-electron chi connectivity index (χ3n) is 4.87. The molecule has 2 aliphatic rings. The van der Waals surface area contributed by atoms with E-state index in [1.807, 2.05) is 0 Å². The molecule has 0 spiro atoms. The molecule has 1 aliphatic heterocycles. The minimum atomic E-state index is -0.245. The fraction of sp³-hybridized carbons (Fsp3) is 0.750. The summed E-state index contributed by atoms with van der Waals surface area (Å²) < 4.78 is 8.25. The molecule has 19 heavy (non-hydrogen) atoms. The van der Waals surface area contributed by atoms with Crippen LogP contribution < -0.4 is 0 Å². The van der Waals surface area contributed by atoms with Crippen LogP contribution in [0.1, 0.15) is 55.7 Å². The molecule has 106 valence electrons. The van der Waals surface area contributed by atoms with Crippen LogP contribution in [0.3, 0.4) is 0 Å². The fourth-order valence-electron chi connectivity index (χ4n) is 3.78. The van der Waals surface area contributed by atoms with Gasteiger partial charge in [0.1, 0.15) is 0 Å². The average molecular weight is 263 g/mol. The summed E-state index contributed by atoms with van der Waals surface area (Å²) in [6, 6.07) is 2.19. The molecule has 1 aromatic heterocycles. The van der Waals surface area contributed by atoms with Crippen molar-refractivity contribution in [3.8, 4) is 0 Å². The van der Waals surface area contributed by atoms with Crippen molar-refractivity contribution >= 4 is 0 Å². The van der Waals surface area contributed by atoms with Gasteiger partial charge in [-0.2, -0.15) is 0 Å². The van der Waals surface area contributed by atoms with Gasteiger partial charge in [-0.25, -0.2) is 0 Å². The lowest BCUT2D eigenvalue weighted by atomic mass is 9.94. The maximum atomic E-state index is 10.1. The third kappa shape index (κ3) is 2.34. The molecule has 3 atom stereocenters. The quantitative estimate of drug-likeness (QED) is 0.909. The lowest BCUT2D eigenvalue weighted by Crippen LogP contribution is -2.22. The number of aliphatic hydroxyl groups excluding tert-OH is 1. The molecule has 1 aliphatic carbocycles. The maximum absolute atomic E-state index is 10.1. The van der Waals surface area contributed by atoms with Crippen LogP contribution in [0.25, 0.3) is 0 Å². The number of aryl methyl sites for hydroxylation is 1. The second-order valence-electron chi connectivity index (χ2n) is 6.07. The highest BCUT2D eigenvalue weighted by Crippen LogP contribution is 2.34. The Morgan fingerprint density at radius 1 is 1.42 bits per heavy atom. The van der Waals surface area contributed by atoms with Crippen molar-refractivity contribution in [2.24, 2.45) is 5.92 Å². The zero-order valence-electron chi connectivity index (χ0n) is 12.1. The SMILES string of the molecule is CCC1OCCC1Cn1c(C)cc2c1CCCC2O. The van der Waals surface area contributed by atoms with Crippen molar-refractivity contribution in [2.45, 2.75) is 64.7 Å². The highest BCUT2D eigenvalue weighted by atomic mass is 16.5. The Morgan fingerprint density at radius 3 is 3.05 bits per heavy atom. The van der Waals surface area contributed by atoms with Gasteiger partial charge in [0.05, 0.1) is 12.2 Å². The average Bonchev–Trinajstić information content (AvgIpc) is 2.97. The Morgan fingerprint density at radius 2 is 2.26 bits per heavy atom. The molecule has 1 saturated heterocycles. The smallest absolute Gasteiger partial charge is 0.0807 e. The summed E-state index contributed by atoms with van der Waals surface area (Å²) in [4.78, 5) is 0. The van der Waals surface area contributed by atoms with Gasteiger partial charge in [-0.15, -0.1) is 0 Å². The Hall–Kier alpha value is -0.800. The van der Waals surface area contributed by atoms with Gasteiger partial charge in [0, 0.05) is 36.0 Å². The number of fused-ring (bicyclic) bond motifs is 1. The maximum Gasteiger partial charge on any atom is 0.0807 e. The van der Waals surface area contributed by atoms with Crippen LogP contribution in [-0.2, 0) is 17.7 Å². The number of hydrogen-bond donors (Lipinski definition) is 1. The lowest BCUT2D eigenvalue weighted by molar-refractivity contribution is 0.0830. The zero-order chi connectivity index (χ0) is 13.4. The molecule has 0 bridgehead atoms. The van der Waals surface area contributed by atoms with Gasteiger partial charge in [-0.05, 0) is 45.1 Å². The van der Waals surface area contributed by atoms with Crippen LogP contribution in [-0.4, -0.2) is 22.4 Å². The van der Waals surface area contributed by atoms with E-state index in [9.17, 15) is 5.11 Å². The van der Waals surface area contributed by atoms with E-state index in [0.717, 1.165) is 38.8 Å². The molecule has 0 radical (unpaired) electrons. The standard InChI is InChI=1S/C16H25NO2/c1-3-16-12(7-8-19-16)10-17-11(2)9-13-14(17)5-4-6-15(13)18/h9,12,15-16,18H,3-8,10H2,1-2H3. The summed E-state index contributed by atoms with van der Waals surface area (Å²) in [6.07, 6.45) is 5.60. The second-order valence-corrected chi connectivity index (χ2v) is 6.07. The Kier molecular flexibility index (Phi) is 3.68. The summed E-state index contributed by atoms with van der Waals surface area (Å²) in [5.74, 6) is 0.638. The van der Waals surface area contributed by atoms with Crippen molar-refractivity contribution in [2.75, 3.05) is 6.61 Å². The summed E-state index contributed by atoms with van der Waals surface area (Å²) >= 11 is 0. The predicted octanol–water partition coefficient (Wildman–Crippen LogP) is 2.98. The Labute approximate surface area is 115 Å². The molecule has 3 nitrogen and oxygen atoms in total. The number of ether oxygens (including phenoxy) is 1. The Balaban J connectivity index is 1.85. The topological polar surface area (TPSA) is 34.4 Å². The van der Waals surface area contributed by atoms with Gasteiger partial charge in [-0.3, -0.25) is 0 Å². The molecule has 0 amide bonds. The molecule has 3 rings (SSSR count). The van der Waals surface area contributed by atoms with Crippen molar-refractivity contribution < 1.29 is 9.84 Å². The molecule has 3 heteroatoms. The van der Waals surface area contributed by atoms with E-state index in [4.69, 9.17) is 4.74 Å². The summed E-state index contributed by atoms with van der Waals surface area (Å²) in [5, 5.41) is 10.1. The number of aliphatic hydroxyl groups is 1. The highest BCUT2D eigenvalue weighted by Gasteiger charge is 2.29. The normalized spacial score (nSPS) is 30.6. The number of aromatic nitrogens is 1. The fourth-order valence-corrected chi connectivity index (χ4v) is 3.78. The molecule has 3 unspecified atom stereocenters.